The molecule has 2 aromatic heterocycles. The monoisotopic (exact) mass is 218 g/mol. The first-order valence-corrected chi connectivity index (χ1v) is 5.24. The minimum Gasteiger partial charge on any atom is -0.382 e. The van der Waals surface area contributed by atoms with Crippen LogP contribution in [0.4, 0.5) is 5.82 Å². The summed E-state index contributed by atoms with van der Waals surface area (Å²) in [6.07, 6.45) is 5.03. The first kappa shape index (κ1) is 10.5. The summed E-state index contributed by atoms with van der Waals surface area (Å²) >= 11 is 0. The summed E-state index contributed by atoms with van der Waals surface area (Å²) in [5.41, 5.74) is 7.94. The number of hydrogen-bond donors (Lipinski definition) is 3. The first-order chi connectivity index (χ1) is 7.74. The largest absolute Gasteiger partial charge is 0.382 e. The minimum atomic E-state index is -0.0419. The molecule has 0 radical (unpaired) electrons. The Morgan fingerprint density at radius 1 is 1.50 bits per heavy atom. The third-order valence-electron chi connectivity index (χ3n) is 2.49. The van der Waals surface area contributed by atoms with Crippen LogP contribution in [-0.2, 0) is 6.42 Å². The van der Waals surface area contributed by atoms with Crippen LogP contribution in [-0.4, -0.2) is 15.2 Å². The van der Waals surface area contributed by atoms with Crippen LogP contribution in [0.25, 0.3) is 11.3 Å². The second-order valence-corrected chi connectivity index (χ2v) is 3.63. The van der Waals surface area contributed by atoms with Gasteiger partial charge in [-0.05, 0) is 6.42 Å². The molecule has 0 spiro atoms. The van der Waals surface area contributed by atoms with E-state index in [1.54, 1.807) is 12.4 Å². The lowest BCUT2D eigenvalue weighted by molar-refractivity contribution is 0.926. The molecular weight excluding hydrogens is 204 g/mol. The number of anilines is 1. The van der Waals surface area contributed by atoms with E-state index < -0.39 is 0 Å². The lowest BCUT2D eigenvalue weighted by Gasteiger charge is -2.01. The van der Waals surface area contributed by atoms with E-state index in [9.17, 15) is 4.79 Å². The van der Waals surface area contributed by atoms with Gasteiger partial charge in [0, 0.05) is 24.0 Å². The molecule has 2 heterocycles. The number of nitrogens with two attached hydrogens (primary N) is 1. The van der Waals surface area contributed by atoms with Crippen molar-refractivity contribution in [2.75, 3.05) is 5.73 Å². The Morgan fingerprint density at radius 3 is 3.00 bits per heavy atom. The third-order valence-corrected chi connectivity index (χ3v) is 2.49. The molecule has 5 nitrogen and oxygen atoms in total. The van der Waals surface area contributed by atoms with Gasteiger partial charge in [0.1, 0.15) is 5.82 Å². The Balaban J connectivity index is 2.56. The number of aromatic amines is 2. The molecule has 0 aliphatic heterocycles. The highest BCUT2D eigenvalue weighted by molar-refractivity contribution is 5.67. The van der Waals surface area contributed by atoms with Gasteiger partial charge in [-0.2, -0.15) is 5.10 Å². The fourth-order valence-corrected chi connectivity index (χ4v) is 1.72. The van der Waals surface area contributed by atoms with Crippen LogP contribution < -0.4 is 11.2 Å². The fraction of sp³-hybridized carbons (Fsp3) is 0.273. The second kappa shape index (κ2) is 4.22. The molecule has 0 aromatic carbocycles. The highest BCUT2D eigenvalue weighted by Crippen LogP contribution is 2.23. The molecule has 4 N–H and O–H groups in total. The Labute approximate surface area is 92.7 Å². The van der Waals surface area contributed by atoms with Gasteiger partial charge in [0.2, 0.25) is 0 Å². The molecule has 5 heteroatoms. The van der Waals surface area contributed by atoms with Crippen LogP contribution in [0.3, 0.4) is 0 Å². The van der Waals surface area contributed by atoms with Gasteiger partial charge >= 0.3 is 0 Å². The van der Waals surface area contributed by atoms with Gasteiger partial charge in [0.05, 0.1) is 11.3 Å². The van der Waals surface area contributed by atoms with E-state index in [0.29, 0.717) is 11.4 Å². The van der Waals surface area contributed by atoms with E-state index in [2.05, 4.69) is 22.1 Å². The quantitative estimate of drug-likeness (QED) is 0.725. The number of aromatic nitrogens is 3. The van der Waals surface area contributed by atoms with Gasteiger partial charge in [-0.1, -0.05) is 13.3 Å². The van der Waals surface area contributed by atoms with Crippen molar-refractivity contribution < 1.29 is 0 Å². The van der Waals surface area contributed by atoms with Crippen LogP contribution >= 0.6 is 0 Å². The molecule has 0 fully saturated rings. The number of hydrogen-bond acceptors (Lipinski definition) is 3. The molecular formula is C11H14N4O. The van der Waals surface area contributed by atoms with Crippen LogP contribution in [0.1, 0.15) is 18.9 Å². The van der Waals surface area contributed by atoms with Gasteiger partial charge < -0.3 is 10.7 Å². The van der Waals surface area contributed by atoms with Gasteiger partial charge in [0.25, 0.3) is 0 Å². The Bertz CT molecular complexity index is 541. The topological polar surface area (TPSA) is 87.6 Å². The summed E-state index contributed by atoms with van der Waals surface area (Å²) < 4.78 is 0. The van der Waals surface area contributed by atoms with Crippen LogP contribution in [0.2, 0.25) is 0 Å². The van der Waals surface area contributed by atoms with Crippen molar-refractivity contribution in [2.45, 2.75) is 19.8 Å². The van der Waals surface area contributed by atoms with Crippen molar-refractivity contribution in [1.82, 2.24) is 15.2 Å². The van der Waals surface area contributed by atoms with Crippen molar-refractivity contribution >= 4 is 5.82 Å². The van der Waals surface area contributed by atoms with Crippen molar-refractivity contribution in [3.05, 3.63) is 34.2 Å². The zero-order chi connectivity index (χ0) is 11.5. The number of pyridine rings is 1. The Morgan fingerprint density at radius 2 is 2.31 bits per heavy atom. The van der Waals surface area contributed by atoms with Crippen molar-refractivity contribution in [1.29, 1.82) is 0 Å². The van der Waals surface area contributed by atoms with E-state index in [0.717, 1.165) is 24.1 Å². The van der Waals surface area contributed by atoms with E-state index in [1.165, 1.54) is 6.07 Å². The molecule has 0 bridgehead atoms. The maximum Gasteiger partial charge on any atom is 0.190 e. The number of nitrogens with one attached hydrogen (secondary N) is 2. The van der Waals surface area contributed by atoms with E-state index in [-0.39, 0.29) is 5.43 Å². The van der Waals surface area contributed by atoms with Crippen molar-refractivity contribution in [3.63, 3.8) is 0 Å². The molecule has 0 saturated heterocycles. The number of rotatable bonds is 3. The molecule has 0 amide bonds. The zero-order valence-electron chi connectivity index (χ0n) is 9.08. The highest BCUT2D eigenvalue weighted by atomic mass is 16.1. The van der Waals surface area contributed by atoms with Crippen molar-refractivity contribution in [2.24, 2.45) is 0 Å². The SMILES string of the molecule is CCCc1c(N)n[nH]c1-c1c[nH]ccc1=O. The molecule has 0 saturated carbocycles. The average Bonchev–Trinajstić information content (AvgIpc) is 2.62. The van der Waals surface area contributed by atoms with Gasteiger partial charge in [-0.3, -0.25) is 9.89 Å². The Hall–Kier alpha value is -2.04. The van der Waals surface area contributed by atoms with Crippen LogP contribution in [0.5, 0.6) is 0 Å². The van der Waals surface area contributed by atoms with Crippen LogP contribution in [0, 0.1) is 0 Å². The van der Waals surface area contributed by atoms with Gasteiger partial charge in [-0.15, -0.1) is 0 Å². The molecule has 84 valence electrons. The first-order valence-electron chi connectivity index (χ1n) is 5.24. The molecule has 16 heavy (non-hydrogen) atoms. The predicted octanol–water partition coefficient (Wildman–Crippen LogP) is 1.30. The smallest absolute Gasteiger partial charge is 0.190 e. The second-order valence-electron chi connectivity index (χ2n) is 3.63. The maximum atomic E-state index is 11.7. The van der Waals surface area contributed by atoms with E-state index in [1.807, 2.05) is 0 Å². The summed E-state index contributed by atoms with van der Waals surface area (Å²) in [6.45, 7) is 2.06. The molecule has 0 aliphatic carbocycles. The van der Waals surface area contributed by atoms with E-state index in [4.69, 9.17) is 5.73 Å². The minimum absolute atomic E-state index is 0.0419. The third kappa shape index (κ3) is 1.71. The fourth-order valence-electron chi connectivity index (χ4n) is 1.72. The molecule has 2 rings (SSSR count). The average molecular weight is 218 g/mol. The highest BCUT2D eigenvalue weighted by Gasteiger charge is 2.13. The maximum absolute atomic E-state index is 11.7. The van der Waals surface area contributed by atoms with Gasteiger partial charge in [-0.25, -0.2) is 0 Å². The summed E-state index contributed by atoms with van der Waals surface area (Å²) in [6, 6.07) is 1.49. The van der Waals surface area contributed by atoms with Crippen LogP contribution in [0.15, 0.2) is 23.3 Å². The number of nitrogens with zero attached hydrogens (tertiary/aromatic N) is 1. The Kier molecular flexibility index (Phi) is 2.76. The summed E-state index contributed by atoms with van der Waals surface area (Å²) in [5, 5.41) is 6.77. The van der Waals surface area contributed by atoms with Crippen molar-refractivity contribution in [3.8, 4) is 11.3 Å². The number of nitrogen functional groups attached to an aromatic ring is 1. The normalized spacial score (nSPS) is 10.6. The summed E-state index contributed by atoms with van der Waals surface area (Å²) in [7, 11) is 0. The summed E-state index contributed by atoms with van der Waals surface area (Å²) in [4.78, 5) is 14.6. The predicted molar refractivity (Wildman–Crippen MR) is 63.1 cm³/mol. The summed E-state index contributed by atoms with van der Waals surface area (Å²) in [5.74, 6) is 0.472. The molecule has 0 atom stereocenters. The molecule has 2 aromatic rings. The molecule has 0 aliphatic rings. The standard InChI is InChI=1S/C11H14N4O/c1-2-3-7-10(14-15-11(7)12)8-6-13-5-4-9(8)16/h4-6H,2-3H2,1H3,(H,13,16)(H3,12,14,15). The van der Waals surface area contributed by atoms with E-state index >= 15 is 0 Å². The lowest BCUT2D eigenvalue weighted by Crippen LogP contribution is -2.04. The molecule has 0 unspecified atom stereocenters. The lowest BCUT2D eigenvalue weighted by atomic mass is 10.1. The van der Waals surface area contributed by atoms with Gasteiger partial charge in [0.15, 0.2) is 5.43 Å². The number of H-pyrrole nitrogens is 2. The zero-order valence-corrected chi connectivity index (χ0v) is 9.08.